The molecule has 6 heteroatoms. The summed E-state index contributed by atoms with van der Waals surface area (Å²) in [6.07, 6.45) is 1.32. The van der Waals surface area contributed by atoms with Gasteiger partial charge in [0.25, 0.3) is 5.91 Å². The Morgan fingerprint density at radius 3 is 2.61 bits per heavy atom. The number of ether oxygens (including phenoxy) is 1. The third-order valence-corrected chi connectivity index (χ3v) is 4.83. The number of rotatable bonds is 5. The minimum Gasteiger partial charge on any atom is -0.497 e. The molecule has 0 unspecified atom stereocenters. The first kappa shape index (κ1) is 15.6. The van der Waals surface area contributed by atoms with Gasteiger partial charge in [0.05, 0.1) is 12.0 Å². The Balaban J connectivity index is 1.69. The standard InChI is InChI=1S/C17H18N2O3S/c1-11-10-12(22-2)5-6-13(11)18-16(21)17(7-8-17)19-15(20)14-4-3-9-23-14/h3-6,9-10H,7-8H2,1-2H3,(H,18,21)(H,19,20). The number of aryl methyl sites for hydroxylation is 1. The molecule has 1 fully saturated rings. The Kier molecular flexibility index (Phi) is 4.09. The first-order valence-corrected chi connectivity index (χ1v) is 8.24. The number of nitrogens with one attached hydrogen (secondary N) is 2. The predicted octanol–water partition coefficient (Wildman–Crippen LogP) is 2.97. The van der Waals surface area contributed by atoms with Gasteiger partial charge in [0, 0.05) is 5.69 Å². The van der Waals surface area contributed by atoms with E-state index in [-0.39, 0.29) is 11.8 Å². The van der Waals surface area contributed by atoms with Crippen LogP contribution in [0, 0.1) is 6.92 Å². The van der Waals surface area contributed by atoms with Crippen LogP contribution in [0.1, 0.15) is 28.1 Å². The number of anilines is 1. The van der Waals surface area contributed by atoms with Gasteiger partial charge < -0.3 is 15.4 Å². The summed E-state index contributed by atoms with van der Waals surface area (Å²) in [5.41, 5.74) is 0.860. The van der Waals surface area contributed by atoms with Gasteiger partial charge >= 0.3 is 0 Å². The van der Waals surface area contributed by atoms with Crippen LogP contribution in [0.5, 0.6) is 5.75 Å². The number of carbonyl (C=O) groups excluding carboxylic acids is 2. The van der Waals surface area contributed by atoms with Crippen LogP contribution < -0.4 is 15.4 Å². The first-order valence-electron chi connectivity index (χ1n) is 7.36. The zero-order valence-corrected chi connectivity index (χ0v) is 13.8. The maximum atomic E-state index is 12.6. The van der Waals surface area contributed by atoms with Crippen LogP contribution in [0.15, 0.2) is 35.7 Å². The number of hydrogen-bond acceptors (Lipinski definition) is 4. The number of amides is 2. The zero-order valence-electron chi connectivity index (χ0n) is 13.0. The van der Waals surface area contributed by atoms with E-state index in [4.69, 9.17) is 4.74 Å². The van der Waals surface area contributed by atoms with Crippen LogP contribution in [-0.4, -0.2) is 24.5 Å². The molecule has 3 rings (SSSR count). The molecule has 1 aromatic carbocycles. The Hall–Kier alpha value is -2.34. The summed E-state index contributed by atoms with van der Waals surface area (Å²) in [4.78, 5) is 25.3. The molecular weight excluding hydrogens is 312 g/mol. The molecule has 0 bridgehead atoms. The summed E-state index contributed by atoms with van der Waals surface area (Å²) in [7, 11) is 1.60. The van der Waals surface area contributed by atoms with Crippen LogP contribution >= 0.6 is 11.3 Å². The highest BCUT2D eigenvalue weighted by Crippen LogP contribution is 2.37. The van der Waals surface area contributed by atoms with Crippen molar-refractivity contribution in [3.8, 4) is 5.75 Å². The van der Waals surface area contributed by atoms with Crippen molar-refractivity contribution < 1.29 is 14.3 Å². The molecule has 1 heterocycles. The van der Waals surface area contributed by atoms with Crippen molar-refractivity contribution in [3.05, 3.63) is 46.2 Å². The van der Waals surface area contributed by atoms with Crippen molar-refractivity contribution in [1.29, 1.82) is 0 Å². The highest BCUT2D eigenvalue weighted by molar-refractivity contribution is 7.12. The Morgan fingerprint density at radius 1 is 1.26 bits per heavy atom. The van der Waals surface area contributed by atoms with Gasteiger partial charge in [0.1, 0.15) is 11.3 Å². The quantitative estimate of drug-likeness (QED) is 0.886. The Bertz CT molecular complexity index is 736. The first-order chi connectivity index (χ1) is 11.0. The van der Waals surface area contributed by atoms with Crippen molar-refractivity contribution in [3.63, 3.8) is 0 Å². The van der Waals surface area contributed by atoms with Gasteiger partial charge in [-0.2, -0.15) is 0 Å². The molecular formula is C17H18N2O3S. The molecule has 0 aliphatic heterocycles. The molecule has 120 valence electrons. The number of carbonyl (C=O) groups is 2. The maximum absolute atomic E-state index is 12.6. The lowest BCUT2D eigenvalue weighted by atomic mass is 10.1. The highest BCUT2D eigenvalue weighted by Gasteiger charge is 2.51. The van der Waals surface area contributed by atoms with Crippen LogP contribution in [0.4, 0.5) is 5.69 Å². The third-order valence-electron chi connectivity index (χ3n) is 3.96. The molecule has 1 aliphatic rings. The van der Waals surface area contributed by atoms with E-state index in [1.807, 2.05) is 30.5 Å². The largest absolute Gasteiger partial charge is 0.497 e. The number of benzene rings is 1. The Morgan fingerprint density at radius 2 is 2.04 bits per heavy atom. The smallest absolute Gasteiger partial charge is 0.262 e. The van der Waals surface area contributed by atoms with E-state index in [9.17, 15) is 9.59 Å². The lowest BCUT2D eigenvalue weighted by Gasteiger charge is -2.18. The van der Waals surface area contributed by atoms with Crippen molar-refractivity contribution in [1.82, 2.24) is 5.32 Å². The average Bonchev–Trinajstić information content (AvgIpc) is 3.11. The SMILES string of the molecule is COc1ccc(NC(=O)C2(NC(=O)c3cccs3)CC2)c(C)c1. The predicted molar refractivity (Wildman–Crippen MR) is 90.1 cm³/mol. The minimum absolute atomic E-state index is 0.171. The average molecular weight is 330 g/mol. The van der Waals surface area contributed by atoms with Crippen LogP contribution in [0.3, 0.4) is 0 Å². The van der Waals surface area contributed by atoms with Gasteiger partial charge in [0.2, 0.25) is 5.91 Å². The molecule has 0 atom stereocenters. The molecule has 5 nitrogen and oxygen atoms in total. The minimum atomic E-state index is -0.784. The number of methoxy groups -OCH3 is 1. The second-order valence-electron chi connectivity index (χ2n) is 5.65. The normalized spacial score (nSPS) is 14.9. The van der Waals surface area contributed by atoms with Gasteiger partial charge in [-0.25, -0.2) is 0 Å². The summed E-state index contributed by atoms with van der Waals surface area (Å²) in [6, 6.07) is 9.04. The van der Waals surface area contributed by atoms with Gasteiger partial charge in [-0.05, 0) is 55.0 Å². The van der Waals surface area contributed by atoms with Gasteiger partial charge in [-0.3, -0.25) is 9.59 Å². The third kappa shape index (κ3) is 3.22. The van der Waals surface area contributed by atoms with Crippen LogP contribution in [0.25, 0.3) is 0 Å². The van der Waals surface area contributed by atoms with E-state index in [1.54, 1.807) is 19.2 Å². The summed E-state index contributed by atoms with van der Waals surface area (Å²) in [5.74, 6) is 0.377. The Labute approximate surface area is 138 Å². The monoisotopic (exact) mass is 330 g/mol. The molecule has 0 saturated heterocycles. The van der Waals surface area contributed by atoms with E-state index in [0.29, 0.717) is 17.7 Å². The molecule has 1 saturated carbocycles. The summed E-state index contributed by atoms with van der Waals surface area (Å²) in [6.45, 7) is 1.90. The molecule has 1 aromatic heterocycles. The van der Waals surface area contributed by atoms with Gasteiger partial charge in [-0.15, -0.1) is 11.3 Å². The molecule has 2 aromatic rings. The molecule has 0 spiro atoms. The molecule has 1 aliphatic carbocycles. The van der Waals surface area contributed by atoms with Crippen LogP contribution in [0.2, 0.25) is 0 Å². The van der Waals surface area contributed by atoms with E-state index < -0.39 is 5.54 Å². The lowest BCUT2D eigenvalue weighted by molar-refractivity contribution is -0.118. The van der Waals surface area contributed by atoms with Crippen molar-refractivity contribution >= 4 is 28.8 Å². The molecule has 0 radical (unpaired) electrons. The lowest BCUT2D eigenvalue weighted by Crippen LogP contribution is -2.46. The van der Waals surface area contributed by atoms with Gasteiger partial charge in [-0.1, -0.05) is 6.07 Å². The molecule has 2 amide bonds. The summed E-state index contributed by atoms with van der Waals surface area (Å²) < 4.78 is 5.16. The second-order valence-corrected chi connectivity index (χ2v) is 6.60. The van der Waals surface area contributed by atoms with E-state index in [2.05, 4.69) is 10.6 Å². The zero-order chi connectivity index (χ0) is 16.4. The van der Waals surface area contributed by atoms with E-state index >= 15 is 0 Å². The maximum Gasteiger partial charge on any atom is 0.262 e. The van der Waals surface area contributed by atoms with E-state index in [0.717, 1.165) is 17.0 Å². The molecule has 23 heavy (non-hydrogen) atoms. The summed E-state index contributed by atoms with van der Waals surface area (Å²) >= 11 is 1.36. The fourth-order valence-corrected chi connectivity index (χ4v) is 2.98. The summed E-state index contributed by atoms with van der Waals surface area (Å²) in [5, 5.41) is 7.62. The van der Waals surface area contributed by atoms with Crippen molar-refractivity contribution in [2.75, 3.05) is 12.4 Å². The van der Waals surface area contributed by atoms with E-state index in [1.165, 1.54) is 11.3 Å². The number of hydrogen-bond donors (Lipinski definition) is 2. The fourth-order valence-electron chi connectivity index (χ4n) is 2.37. The van der Waals surface area contributed by atoms with Crippen molar-refractivity contribution in [2.24, 2.45) is 0 Å². The van der Waals surface area contributed by atoms with Gasteiger partial charge in [0.15, 0.2) is 0 Å². The van der Waals surface area contributed by atoms with Crippen molar-refractivity contribution in [2.45, 2.75) is 25.3 Å². The highest BCUT2D eigenvalue weighted by atomic mass is 32.1. The van der Waals surface area contributed by atoms with Crippen LogP contribution in [-0.2, 0) is 4.79 Å². The topological polar surface area (TPSA) is 67.4 Å². The second kappa shape index (κ2) is 6.04. The molecule has 2 N–H and O–H groups in total. The number of thiophene rings is 1. The fraction of sp³-hybridized carbons (Fsp3) is 0.294.